The molecule has 1 saturated heterocycles. The van der Waals surface area contributed by atoms with Crippen molar-refractivity contribution in [3.63, 3.8) is 0 Å². The molecule has 5 rings (SSSR count). The molecule has 1 saturated carbocycles. The number of aromatic amines is 1. The van der Waals surface area contributed by atoms with Gasteiger partial charge in [0.15, 0.2) is 5.82 Å². The van der Waals surface area contributed by atoms with E-state index in [9.17, 15) is 4.79 Å². The number of nitrogens with one attached hydrogen (secondary N) is 2. The van der Waals surface area contributed by atoms with Crippen molar-refractivity contribution >= 4 is 33.7 Å². The third kappa shape index (κ3) is 2.05. The second kappa shape index (κ2) is 4.68. The number of rotatable bonds is 3. The van der Waals surface area contributed by atoms with E-state index in [-0.39, 0.29) is 5.91 Å². The maximum Gasteiger partial charge on any atom is 0.241 e. The zero-order chi connectivity index (χ0) is 15.4. The molecule has 6 heteroatoms. The molecule has 0 radical (unpaired) electrons. The Balaban J connectivity index is 1.67. The van der Waals surface area contributed by atoms with Crippen molar-refractivity contribution in [1.29, 1.82) is 0 Å². The molecular weight excluding hydrogens is 290 g/mol. The SMILES string of the molecule is O=C1CCCN1Nc1ncnc2[nH]c3ccc(C4CC4)cc3c12. The van der Waals surface area contributed by atoms with E-state index in [2.05, 4.69) is 38.6 Å². The third-order valence-electron chi connectivity index (χ3n) is 4.78. The number of hydrazine groups is 1. The average Bonchev–Trinajstić information content (AvgIpc) is 3.23. The predicted octanol–water partition coefficient (Wildman–Crippen LogP) is 2.94. The minimum absolute atomic E-state index is 0.121. The Hall–Kier alpha value is -2.63. The van der Waals surface area contributed by atoms with Crippen LogP contribution in [-0.2, 0) is 4.79 Å². The molecule has 116 valence electrons. The summed E-state index contributed by atoms with van der Waals surface area (Å²) in [7, 11) is 0. The molecule has 0 spiro atoms. The number of anilines is 1. The van der Waals surface area contributed by atoms with Gasteiger partial charge in [0.1, 0.15) is 12.0 Å². The van der Waals surface area contributed by atoms with Crippen LogP contribution in [0.4, 0.5) is 5.82 Å². The van der Waals surface area contributed by atoms with Gasteiger partial charge in [0, 0.05) is 23.9 Å². The van der Waals surface area contributed by atoms with Crippen molar-refractivity contribution in [2.75, 3.05) is 12.0 Å². The molecule has 23 heavy (non-hydrogen) atoms. The number of hydrogen-bond acceptors (Lipinski definition) is 4. The van der Waals surface area contributed by atoms with Gasteiger partial charge in [-0.05, 0) is 42.9 Å². The number of carbonyl (C=O) groups excluding carboxylic acids is 1. The molecule has 0 atom stereocenters. The number of H-pyrrole nitrogens is 1. The molecule has 6 nitrogen and oxygen atoms in total. The van der Waals surface area contributed by atoms with Crippen molar-refractivity contribution in [3.8, 4) is 0 Å². The maximum atomic E-state index is 11.9. The van der Waals surface area contributed by atoms with Crippen molar-refractivity contribution in [2.24, 2.45) is 0 Å². The molecule has 3 aromatic rings. The van der Waals surface area contributed by atoms with Crippen LogP contribution < -0.4 is 5.43 Å². The van der Waals surface area contributed by atoms with Gasteiger partial charge in [0.2, 0.25) is 5.91 Å². The van der Waals surface area contributed by atoms with E-state index >= 15 is 0 Å². The number of fused-ring (bicyclic) bond motifs is 3. The van der Waals surface area contributed by atoms with E-state index < -0.39 is 0 Å². The summed E-state index contributed by atoms with van der Waals surface area (Å²) >= 11 is 0. The predicted molar refractivity (Wildman–Crippen MR) is 87.9 cm³/mol. The topological polar surface area (TPSA) is 73.9 Å². The lowest BCUT2D eigenvalue weighted by Crippen LogP contribution is -2.31. The van der Waals surface area contributed by atoms with Crippen molar-refractivity contribution < 1.29 is 4.79 Å². The van der Waals surface area contributed by atoms with Gasteiger partial charge >= 0.3 is 0 Å². The first-order valence-corrected chi connectivity index (χ1v) is 8.13. The molecule has 2 aromatic heterocycles. The fraction of sp³-hybridized carbons (Fsp3) is 0.353. The lowest BCUT2D eigenvalue weighted by Gasteiger charge is -2.17. The highest BCUT2D eigenvalue weighted by Crippen LogP contribution is 2.42. The first kappa shape index (κ1) is 12.9. The molecule has 1 aliphatic heterocycles. The normalized spacial score (nSPS) is 18.3. The fourth-order valence-electron chi connectivity index (χ4n) is 3.39. The first-order chi connectivity index (χ1) is 11.3. The zero-order valence-corrected chi connectivity index (χ0v) is 12.7. The number of hydrogen-bond donors (Lipinski definition) is 2. The van der Waals surface area contributed by atoms with Gasteiger partial charge in [-0.3, -0.25) is 15.2 Å². The summed E-state index contributed by atoms with van der Waals surface area (Å²) in [6.45, 7) is 0.722. The summed E-state index contributed by atoms with van der Waals surface area (Å²) < 4.78 is 0. The van der Waals surface area contributed by atoms with E-state index in [0.29, 0.717) is 18.2 Å². The summed E-state index contributed by atoms with van der Waals surface area (Å²) in [4.78, 5) is 24.0. The van der Waals surface area contributed by atoms with Crippen LogP contribution in [0.25, 0.3) is 21.9 Å². The highest BCUT2D eigenvalue weighted by atomic mass is 16.2. The lowest BCUT2D eigenvalue weighted by molar-refractivity contribution is -0.126. The van der Waals surface area contributed by atoms with Gasteiger partial charge in [-0.15, -0.1) is 0 Å². The van der Waals surface area contributed by atoms with E-state index in [0.717, 1.165) is 34.9 Å². The highest BCUT2D eigenvalue weighted by Gasteiger charge is 2.25. The summed E-state index contributed by atoms with van der Waals surface area (Å²) in [5.41, 5.74) is 6.43. The smallest absolute Gasteiger partial charge is 0.241 e. The largest absolute Gasteiger partial charge is 0.339 e. The Labute approximate surface area is 132 Å². The number of aromatic nitrogens is 3. The van der Waals surface area contributed by atoms with Crippen LogP contribution in [0.15, 0.2) is 24.5 Å². The molecule has 0 bridgehead atoms. The lowest BCUT2D eigenvalue weighted by atomic mass is 10.1. The summed E-state index contributed by atoms with van der Waals surface area (Å²) in [6, 6.07) is 6.56. The molecule has 2 fully saturated rings. The number of carbonyl (C=O) groups is 1. The van der Waals surface area contributed by atoms with Crippen LogP contribution in [0, 0.1) is 0 Å². The number of benzene rings is 1. The van der Waals surface area contributed by atoms with Crippen LogP contribution in [0.3, 0.4) is 0 Å². The van der Waals surface area contributed by atoms with E-state index in [1.807, 2.05) is 0 Å². The highest BCUT2D eigenvalue weighted by molar-refractivity contribution is 6.11. The van der Waals surface area contributed by atoms with Gasteiger partial charge in [-0.25, -0.2) is 9.97 Å². The van der Waals surface area contributed by atoms with Gasteiger partial charge in [0.05, 0.1) is 5.39 Å². The molecule has 3 heterocycles. The van der Waals surface area contributed by atoms with Gasteiger partial charge in [-0.1, -0.05) is 6.07 Å². The summed E-state index contributed by atoms with van der Waals surface area (Å²) in [6.07, 6.45) is 5.57. The standard InChI is InChI=1S/C17H17N5O/c23-14-2-1-7-22(14)21-17-15-12-8-11(10-3-4-10)5-6-13(12)20-16(15)18-9-19-17/h5-6,8-10H,1-4,7H2,(H2,18,19,20,21). The van der Waals surface area contributed by atoms with E-state index in [1.54, 1.807) is 5.01 Å². The average molecular weight is 307 g/mol. The fourth-order valence-corrected chi connectivity index (χ4v) is 3.39. The second-order valence-electron chi connectivity index (χ2n) is 6.41. The molecule has 1 amide bonds. The first-order valence-electron chi connectivity index (χ1n) is 8.13. The molecule has 2 N–H and O–H groups in total. The minimum Gasteiger partial charge on any atom is -0.339 e. The quantitative estimate of drug-likeness (QED) is 0.780. The second-order valence-corrected chi connectivity index (χ2v) is 6.41. The Bertz CT molecular complexity index is 927. The Morgan fingerprint density at radius 2 is 2.17 bits per heavy atom. The van der Waals surface area contributed by atoms with Crippen molar-refractivity contribution in [3.05, 3.63) is 30.1 Å². The minimum atomic E-state index is 0.121. The van der Waals surface area contributed by atoms with Crippen LogP contribution in [0.5, 0.6) is 0 Å². The van der Waals surface area contributed by atoms with Crippen LogP contribution in [0.1, 0.15) is 37.2 Å². The van der Waals surface area contributed by atoms with E-state index in [1.165, 1.54) is 24.7 Å². The Kier molecular flexibility index (Phi) is 2.62. The maximum absolute atomic E-state index is 11.9. The number of nitrogens with zero attached hydrogens (tertiary/aromatic N) is 3. The number of amides is 1. The zero-order valence-electron chi connectivity index (χ0n) is 12.7. The van der Waals surface area contributed by atoms with E-state index in [4.69, 9.17) is 0 Å². The van der Waals surface area contributed by atoms with Crippen LogP contribution in [0.2, 0.25) is 0 Å². The molecule has 1 aromatic carbocycles. The molecule has 1 aliphatic carbocycles. The molecule has 0 unspecified atom stereocenters. The monoisotopic (exact) mass is 307 g/mol. The van der Waals surface area contributed by atoms with Gasteiger partial charge in [-0.2, -0.15) is 0 Å². The van der Waals surface area contributed by atoms with Gasteiger partial charge in [0.25, 0.3) is 0 Å². The van der Waals surface area contributed by atoms with Crippen LogP contribution >= 0.6 is 0 Å². The molecular formula is C17H17N5O. The van der Waals surface area contributed by atoms with Crippen molar-refractivity contribution in [1.82, 2.24) is 20.0 Å². The van der Waals surface area contributed by atoms with Crippen molar-refractivity contribution in [2.45, 2.75) is 31.6 Å². The third-order valence-corrected chi connectivity index (χ3v) is 4.78. The summed E-state index contributed by atoms with van der Waals surface area (Å²) in [5, 5.41) is 3.74. The van der Waals surface area contributed by atoms with Gasteiger partial charge < -0.3 is 4.98 Å². The van der Waals surface area contributed by atoms with Crippen LogP contribution in [-0.4, -0.2) is 32.4 Å². The summed E-state index contributed by atoms with van der Waals surface area (Å²) in [5.74, 6) is 1.52. The molecule has 2 aliphatic rings. The Morgan fingerprint density at radius 3 is 2.96 bits per heavy atom. The Morgan fingerprint density at radius 1 is 1.26 bits per heavy atom.